The van der Waals surface area contributed by atoms with E-state index in [0.717, 1.165) is 56.3 Å². The molecule has 6 rings (SSSR count). The van der Waals surface area contributed by atoms with Crippen LogP contribution < -0.4 is 10.1 Å². The minimum atomic E-state index is 0.282. The van der Waals surface area contributed by atoms with Gasteiger partial charge in [-0.05, 0) is 30.0 Å². The van der Waals surface area contributed by atoms with E-state index < -0.39 is 0 Å². The predicted molar refractivity (Wildman–Crippen MR) is 142 cm³/mol. The van der Waals surface area contributed by atoms with Crippen LogP contribution in [0.5, 0.6) is 5.88 Å². The normalized spacial score (nSPS) is 17.2. The van der Waals surface area contributed by atoms with Gasteiger partial charge in [0.15, 0.2) is 11.6 Å². The van der Waals surface area contributed by atoms with Crippen LogP contribution in [0.25, 0.3) is 43.4 Å². The first kappa shape index (κ1) is 22.6. The molecule has 0 saturated heterocycles. The van der Waals surface area contributed by atoms with E-state index in [4.69, 9.17) is 19.4 Å². The highest BCUT2D eigenvalue weighted by atomic mass is 32.1. The summed E-state index contributed by atoms with van der Waals surface area (Å²) in [6, 6.07) is 14.7. The second-order valence-corrected chi connectivity index (χ2v) is 9.87. The molecule has 1 fully saturated rings. The third-order valence-corrected chi connectivity index (χ3v) is 7.74. The highest BCUT2D eigenvalue weighted by Crippen LogP contribution is 2.47. The fraction of sp³-hybridized carbons (Fsp3) is 0.259. The van der Waals surface area contributed by atoms with Gasteiger partial charge >= 0.3 is 0 Å². The molecule has 36 heavy (non-hydrogen) atoms. The molecule has 0 aliphatic heterocycles. The number of pyridine rings is 1. The van der Waals surface area contributed by atoms with Crippen LogP contribution in [-0.4, -0.2) is 50.9 Å². The number of anilines is 1. The first-order valence-corrected chi connectivity index (χ1v) is 12.6. The second-order valence-electron chi connectivity index (χ2n) is 8.87. The Morgan fingerprint density at radius 3 is 2.56 bits per heavy atom. The smallest absolute Gasteiger partial charge is 0.213 e. The van der Waals surface area contributed by atoms with Crippen molar-refractivity contribution in [2.45, 2.75) is 25.0 Å². The molecular weight excluding hydrogens is 472 g/mol. The van der Waals surface area contributed by atoms with Gasteiger partial charge in [-0.25, -0.2) is 19.9 Å². The van der Waals surface area contributed by atoms with Crippen molar-refractivity contribution in [1.29, 1.82) is 0 Å². The number of thiophene rings is 1. The molecule has 8 nitrogen and oxygen atoms in total. The maximum Gasteiger partial charge on any atom is 0.213 e. The Morgan fingerprint density at radius 1 is 1.00 bits per heavy atom. The number of ether oxygens (including phenoxy) is 2. The van der Waals surface area contributed by atoms with Crippen LogP contribution in [0.15, 0.2) is 61.1 Å². The molecule has 1 aliphatic carbocycles. The van der Waals surface area contributed by atoms with Crippen molar-refractivity contribution in [1.82, 2.24) is 24.5 Å². The van der Waals surface area contributed by atoms with Crippen LogP contribution in [0.1, 0.15) is 12.8 Å². The molecule has 1 aliphatic rings. The Morgan fingerprint density at radius 2 is 1.83 bits per heavy atom. The van der Waals surface area contributed by atoms with Crippen molar-refractivity contribution in [3.05, 3.63) is 61.1 Å². The molecule has 4 aromatic heterocycles. The van der Waals surface area contributed by atoms with E-state index in [0.29, 0.717) is 11.7 Å². The number of hydrogen-bond acceptors (Lipinski definition) is 8. The van der Waals surface area contributed by atoms with Gasteiger partial charge in [-0.1, -0.05) is 30.3 Å². The molecule has 0 amide bonds. The molecular formula is C27H26N6O2S. The van der Waals surface area contributed by atoms with Gasteiger partial charge in [-0.3, -0.25) is 0 Å². The van der Waals surface area contributed by atoms with E-state index in [1.54, 1.807) is 38.0 Å². The van der Waals surface area contributed by atoms with Crippen LogP contribution >= 0.6 is 11.3 Å². The highest BCUT2D eigenvalue weighted by Gasteiger charge is 2.31. The summed E-state index contributed by atoms with van der Waals surface area (Å²) in [6.45, 7) is 0. The summed E-state index contributed by atoms with van der Waals surface area (Å²) < 4.78 is 12.9. The molecule has 0 radical (unpaired) electrons. The molecule has 0 bridgehead atoms. The second kappa shape index (κ2) is 9.33. The summed E-state index contributed by atoms with van der Waals surface area (Å²) in [7, 11) is 5.36. The Hall–Kier alpha value is -3.82. The Bertz CT molecular complexity index is 1520. The number of aryl methyl sites for hydroxylation is 1. The maximum absolute atomic E-state index is 5.51. The van der Waals surface area contributed by atoms with Crippen molar-refractivity contribution < 1.29 is 9.47 Å². The Labute approximate surface area is 213 Å². The van der Waals surface area contributed by atoms with E-state index in [2.05, 4.69) is 39.6 Å². The average Bonchev–Trinajstić information content (AvgIpc) is 3.50. The van der Waals surface area contributed by atoms with E-state index in [9.17, 15) is 0 Å². The van der Waals surface area contributed by atoms with Gasteiger partial charge in [-0.2, -0.15) is 0 Å². The fourth-order valence-electron chi connectivity index (χ4n) is 4.60. The Kier molecular flexibility index (Phi) is 5.86. The molecule has 0 atom stereocenters. The zero-order chi connectivity index (χ0) is 24.6. The van der Waals surface area contributed by atoms with Crippen LogP contribution in [0.3, 0.4) is 0 Å². The topological polar surface area (TPSA) is 87.0 Å². The van der Waals surface area contributed by atoms with Gasteiger partial charge in [0.25, 0.3) is 0 Å². The monoisotopic (exact) mass is 498 g/mol. The third-order valence-electron chi connectivity index (χ3n) is 6.61. The van der Waals surface area contributed by atoms with E-state index in [-0.39, 0.29) is 12.1 Å². The van der Waals surface area contributed by atoms with Gasteiger partial charge in [0.1, 0.15) is 10.6 Å². The van der Waals surface area contributed by atoms with Crippen molar-refractivity contribution in [3.8, 4) is 39.1 Å². The van der Waals surface area contributed by atoms with Gasteiger partial charge in [0.05, 0.1) is 18.6 Å². The first-order valence-electron chi connectivity index (χ1n) is 11.8. The van der Waals surface area contributed by atoms with Crippen LogP contribution in [0.2, 0.25) is 0 Å². The first-order chi connectivity index (χ1) is 17.6. The number of aromatic nitrogens is 5. The number of nitrogens with zero attached hydrogens (tertiary/aromatic N) is 5. The number of imidazole rings is 1. The summed E-state index contributed by atoms with van der Waals surface area (Å²) in [6.07, 6.45) is 7.62. The molecule has 5 aromatic rings. The summed E-state index contributed by atoms with van der Waals surface area (Å²) in [4.78, 5) is 20.8. The molecule has 182 valence electrons. The van der Waals surface area contributed by atoms with Crippen molar-refractivity contribution in [3.63, 3.8) is 0 Å². The number of methoxy groups -OCH3 is 2. The molecule has 9 heteroatoms. The molecule has 0 spiro atoms. The lowest BCUT2D eigenvalue weighted by atomic mass is 9.89. The largest absolute Gasteiger partial charge is 0.481 e. The van der Waals surface area contributed by atoms with Crippen molar-refractivity contribution in [2.75, 3.05) is 19.5 Å². The fourth-order valence-corrected chi connectivity index (χ4v) is 5.79. The standard InChI is InChI=1S/C27H26N6O2S/c1-33-12-11-29-26(33)25-31-24(30-18-14-19(15-18)34-2)22-21(16-7-5-4-6-8-16)23(36-27(22)32-25)17-9-10-28-20(13-17)35-3/h4-13,18-19H,14-15H2,1-3H3,(H,30,31,32)/t18-,19-. The van der Waals surface area contributed by atoms with Gasteiger partial charge in [0.2, 0.25) is 5.88 Å². The number of hydrogen-bond donors (Lipinski definition) is 1. The third kappa shape index (κ3) is 4.00. The van der Waals surface area contributed by atoms with Crippen LogP contribution in [-0.2, 0) is 11.8 Å². The summed E-state index contributed by atoms with van der Waals surface area (Å²) in [5.74, 6) is 2.71. The molecule has 1 saturated carbocycles. The summed E-state index contributed by atoms with van der Waals surface area (Å²) >= 11 is 1.64. The summed E-state index contributed by atoms with van der Waals surface area (Å²) in [5.41, 5.74) is 3.23. The SMILES string of the molecule is COc1cc(-c2sc3nc(-c4nccn4C)nc(N[C@H]4C[C@H](OC)C4)c3c2-c2ccccc2)ccn1. The molecule has 1 aromatic carbocycles. The average molecular weight is 499 g/mol. The molecule has 0 unspecified atom stereocenters. The quantitative estimate of drug-likeness (QED) is 0.321. The van der Waals surface area contributed by atoms with Gasteiger partial charge in [-0.15, -0.1) is 11.3 Å². The zero-order valence-corrected chi connectivity index (χ0v) is 21.1. The lowest BCUT2D eigenvalue weighted by Gasteiger charge is -2.35. The van der Waals surface area contributed by atoms with E-state index >= 15 is 0 Å². The maximum atomic E-state index is 5.51. The van der Waals surface area contributed by atoms with Crippen LogP contribution in [0, 0.1) is 0 Å². The van der Waals surface area contributed by atoms with Crippen molar-refractivity contribution >= 4 is 27.4 Å². The van der Waals surface area contributed by atoms with E-state index in [1.165, 1.54) is 0 Å². The molecule has 1 N–H and O–H groups in total. The lowest BCUT2D eigenvalue weighted by molar-refractivity contribution is 0.0328. The van der Waals surface area contributed by atoms with Crippen molar-refractivity contribution in [2.24, 2.45) is 7.05 Å². The Balaban J connectivity index is 1.60. The number of benzene rings is 1. The number of fused-ring (bicyclic) bond motifs is 1. The predicted octanol–water partition coefficient (Wildman–Crippen LogP) is 5.42. The number of nitrogens with one attached hydrogen (secondary N) is 1. The number of rotatable bonds is 7. The summed E-state index contributed by atoms with van der Waals surface area (Å²) in [5, 5.41) is 4.72. The minimum Gasteiger partial charge on any atom is -0.481 e. The zero-order valence-electron chi connectivity index (χ0n) is 20.3. The molecule has 4 heterocycles. The van der Waals surface area contributed by atoms with Gasteiger partial charge < -0.3 is 19.4 Å². The van der Waals surface area contributed by atoms with E-state index in [1.807, 2.05) is 36.0 Å². The van der Waals surface area contributed by atoms with Gasteiger partial charge in [0, 0.05) is 55.3 Å². The lowest BCUT2D eigenvalue weighted by Crippen LogP contribution is -2.40. The minimum absolute atomic E-state index is 0.282. The van der Waals surface area contributed by atoms with Crippen LogP contribution in [0.4, 0.5) is 5.82 Å². The highest BCUT2D eigenvalue weighted by molar-refractivity contribution is 7.22.